The highest BCUT2D eigenvalue weighted by atomic mass is 35.5. The standard InChI is InChI=1S/C24H29ClN2O6S/c1-3-32-21-9-7-20(8-10-21)27(34(30,31)22-11-5-19(25)6-12-22)17-23(28)26-15-13-18(14-16-26)24(29)33-4-2/h5-12,18H,3-4,13-17H2,1-2H3. The van der Waals surface area contributed by atoms with Crippen molar-refractivity contribution in [1.82, 2.24) is 4.90 Å². The average Bonchev–Trinajstić information content (AvgIpc) is 2.83. The molecule has 0 spiro atoms. The van der Waals surface area contributed by atoms with Crippen LogP contribution >= 0.6 is 11.6 Å². The van der Waals surface area contributed by atoms with Crippen LogP contribution in [0.25, 0.3) is 0 Å². The average molecular weight is 509 g/mol. The second-order valence-corrected chi connectivity index (χ2v) is 10.1. The molecule has 1 aliphatic rings. The van der Waals surface area contributed by atoms with Gasteiger partial charge in [-0.05, 0) is 75.2 Å². The molecular formula is C24H29ClN2O6S. The van der Waals surface area contributed by atoms with Crippen LogP contribution in [0.4, 0.5) is 5.69 Å². The molecule has 1 heterocycles. The Morgan fingerprint density at radius 1 is 1.00 bits per heavy atom. The Kier molecular flexibility index (Phi) is 8.79. The van der Waals surface area contributed by atoms with Gasteiger partial charge in [-0.3, -0.25) is 13.9 Å². The number of carbonyl (C=O) groups is 2. The summed E-state index contributed by atoms with van der Waals surface area (Å²) >= 11 is 5.93. The molecular weight excluding hydrogens is 480 g/mol. The molecule has 10 heteroatoms. The fourth-order valence-corrected chi connectivity index (χ4v) is 5.31. The fourth-order valence-electron chi connectivity index (χ4n) is 3.77. The third-order valence-corrected chi connectivity index (χ3v) is 7.62. The predicted octanol–water partition coefficient (Wildman–Crippen LogP) is 3.74. The molecule has 0 aromatic heterocycles. The second-order valence-electron chi connectivity index (χ2n) is 7.80. The van der Waals surface area contributed by atoms with E-state index in [2.05, 4.69) is 0 Å². The summed E-state index contributed by atoms with van der Waals surface area (Å²) in [5.74, 6) is -0.240. The summed E-state index contributed by atoms with van der Waals surface area (Å²) in [7, 11) is -4.05. The first-order chi connectivity index (χ1) is 16.3. The van der Waals surface area contributed by atoms with Gasteiger partial charge in [0.15, 0.2) is 0 Å². The Balaban J connectivity index is 1.82. The van der Waals surface area contributed by atoms with Crippen LogP contribution in [0.1, 0.15) is 26.7 Å². The van der Waals surface area contributed by atoms with E-state index in [4.69, 9.17) is 21.1 Å². The molecule has 184 valence electrons. The van der Waals surface area contributed by atoms with Crippen LogP contribution < -0.4 is 9.04 Å². The van der Waals surface area contributed by atoms with Crippen LogP contribution in [-0.4, -0.2) is 58.0 Å². The van der Waals surface area contributed by atoms with Crippen molar-refractivity contribution >= 4 is 39.2 Å². The Morgan fingerprint density at radius 3 is 2.18 bits per heavy atom. The van der Waals surface area contributed by atoms with Gasteiger partial charge in [-0.15, -0.1) is 0 Å². The number of ether oxygens (including phenoxy) is 2. The predicted molar refractivity (Wildman–Crippen MR) is 130 cm³/mol. The number of hydrogen-bond donors (Lipinski definition) is 0. The van der Waals surface area contributed by atoms with Crippen molar-refractivity contribution in [2.45, 2.75) is 31.6 Å². The molecule has 2 aromatic rings. The minimum Gasteiger partial charge on any atom is -0.494 e. The lowest BCUT2D eigenvalue weighted by Crippen LogP contribution is -2.46. The number of rotatable bonds is 9. The van der Waals surface area contributed by atoms with Crippen LogP contribution in [0, 0.1) is 5.92 Å². The summed E-state index contributed by atoms with van der Waals surface area (Å²) in [4.78, 5) is 26.8. The van der Waals surface area contributed by atoms with Gasteiger partial charge >= 0.3 is 5.97 Å². The van der Waals surface area contributed by atoms with Crippen LogP contribution in [-0.2, 0) is 24.3 Å². The second kappa shape index (κ2) is 11.6. The van der Waals surface area contributed by atoms with Gasteiger partial charge in [0.25, 0.3) is 10.0 Å². The Morgan fingerprint density at radius 2 is 1.62 bits per heavy atom. The van der Waals surface area contributed by atoms with Gasteiger partial charge < -0.3 is 14.4 Å². The van der Waals surface area contributed by atoms with Gasteiger partial charge in [0.05, 0.1) is 29.7 Å². The SMILES string of the molecule is CCOC(=O)C1CCN(C(=O)CN(c2ccc(OCC)cc2)S(=O)(=O)c2ccc(Cl)cc2)CC1. The molecule has 0 bridgehead atoms. The van der Waals surface area contributed by atoms with E-state index in [0.717, 1.165) is 4.31 Å². The smallest absolute Gasteiger partial charge is 0.309 e. The summed E-state index contributed by atoms with van der Waals surface area (Å²) < 4.78 is 38.6. The first kappa shape index (κ1) is 25.8. The Bertz CT molecular complexity index is 1080. The van der Waals surface area contributed by atoms with E-state index in [9.17, 15) is 18.0 Å². The van der Waals surface area contributed by atoms with E-state index in [1.54, 1.807) is 36.1 Å². The van der Waals surface area contributed by atoms with Crippen molar-refractivity contribution in [3.8, 4) is 5.75 Å². The van der Waals surface area contributed by atoms with Crippen molar-refractivity contribution in [1.29, 1.82) is 0 Å². The molecule has 0 saturated carbocycles. The third-order valence-electron chi connectivity index (χ3n) is 5.58. The summed E-state index contributed by atoms with van der Waals surface area (Å²) in [5, 5.41) is 0.409. The van der Waals surface area contributed by atoms with E-state index in [-0.39, 0.29) is 29.2 Å². The highest BCUT2D eigenvalue weighted by molar-refractivity contribution is 7.92. The molecule has 0 aliphatic carbocycles. The van der Waals surface area contributed by atoms with Gasteiger partial charge in [-0.1, -0.05) is 11.6 Å². The zero-order valence-electron chi connectivity index (χ0n) is 19.3. The molecule has 8 nitrogen and oxygen atoms in total. The summed E-state index contributed by atoms with van der Waals surface area (Å²) in [6.45, 7) is 4.76. The Hall–Kier alpha value is -2.78. The fraction of sp³-hybridized carbons (Fsp3) is 0.417. The molecule has 1 fully saturated rings. The van der Waals surface area contributed by atoms with Crippen molar-refractivity contribution in [2.24, 2.45) is 5.92 Å². The molecule has 1 amide bonds. The van der Waals surface area contributed by atoms with Crippen LogP contribution in [0.3, 0.4) is 0 Å². The summed E-state index contributed by atoms with van der Waals surface area (Å²) in [5.41, 5.74) is 0.341. The molecule has 1 aliphatic heterocycles. The van der Waals surface area contributed by atoms with E-state index in [1.807, 2.05) is 6.92 Å². The van der Waals surface area contributed by atoms with Gasteiger partial charge in [0.1, 0.15) is 12.3 Å². The van der Waals surface area contributed by atoms with Crippen LogP contribution in [0.5, 0.6) is 5.75 Å². The molecule has 0 unspecified atom stereocenters. The highest BCUT2D eigenvalue weighted by Crippen LogP contribution is 2.27. The lowest BCUT2D eigenvalue weighted by Gasteiger charge is -2.33. The number of halogens is 1. The molecule has 0 atom stereocenters. The lowest BCUT2D eigenvalue weighted by atomic mass is 9.97. The number of amides is 1. The van der Waals surface area contributed by atoms with E-state index in [1.165, 1.54) is 24.3 Å². The molecule has 3 rings (SSSR count). The Labute approximate surface area is 205 Å². The number of likely N-dealkylation sites (tertiary alicyclic amines) is 1. The maximum absolute atomic E-state index is 13.5. The number of hydrogen-bond acceptors (Lipinski definition) is 6. The van der Waals surface area contributed by atoms with Crippen LogP contribution in [0.15, 0.2) is 53.4 Å². The van der Waals surface area contributed by atoms with Gasteiger partial charge in [0, 0.05) is 18.1 Å². The molecule has 1 saturated heterocycles. The largest absolute Gasteiger partial charge is 0.494 e. The number of benzene rings is 2. The summed E-state index contributed by atoms with van der Waals surface area (Å²) in [6, 6.07) is 12.4. The normalized spacial score (nSPS) is 14.5. The molecule has 0 radical (unpaired) electrons. The molecule has 2 aromatic carbocycles. The van der Waals surface area contributed by atoms with E-state index < -0.39 is 10.0 Å². The minimum atomic E-state index is -4.05. The number of sulfonamides is 1. The van der Waals surface area contributed by atoms with Crippen molar-refractivity contribution in [3.05, 3.63) is 53.6 Å². The zero-order valence-corrected chi connectivity index (χ0v) is 20.8. The quantitative estimate of drug-likeness (QED) is 0.479. The van der Waals surface area contributed by atoms with Crippen molar-refractivity contribution in [3.63, 3.8) is 0 Å². The number of esters is 1. The number of carbonyl (C=O) groups excluding carboxylic acids is 2. The van der Waals surface area contributed by atoms with E-state index in [0.29, 0.717) is 55.6 Å². The van der Waals surface area contributed by atoms with Gasteiger partial charge in [-0.25, -0.2) is 8.42 Å². The molecule has 34 heavy (non-hydrogen) atoms. The topological polar surface area (TPSA) is 93.2 Å². The van der Waals surface area contributed by atoms with Gasteiger partial charge in [0.2, 0.25) is 5.91 Å². The number of piperidine rings is 1. The highest BCUT2D eigenvalue weighted by Gasteiger charge is 2.32. The first-order valence-electron chi connectivity index (χ1n) is 11.2. The maximum Gasteiger partial charge on any atom is 0.309 e. The van der Waals surface area contributed by atoms with Crippen molar-refractivity contribution < 1.29 is 27.5 Å². The monoisotopic (exact) mass is 508 g/mol. The third kappa shape index (κ3) is 6.21. The number of nitrogens with zero attached hydrogens (tertiary/aromatic N) is 2. The lowest BCUT2D eigenvalue weighted by molar-refractivity contribution is -0.151. The van der Waals surface area contributed by atoms with Crippen molar-refractivity contribution in [2.75, 3.05) is 37.2 Å². The maximum atomic E-state index is 13.5. The first-order valence-corrected chi connectivity index (χ1v) is 13.0. The van der Waals surface area contributed by atoms with E-state index >= 15 is 0 Å². The zero-order chi connectivity index (χ0) is 24.7. The van der Waals surface area contributed by atoms with Crippen LogP contribution in [0.2, 0.25) is 5.02 Å². The summed E-state index contributed by atoms with van der Waals surface area (Å²) in [6.07, 6.45) is 0.967. The molecule has 0 N–H and O–H groups in total. The minimum absolute atomic E-state index is 0.0274. The van der Waals surface area contributed by atoms with Gasteiger partial charge in [-0.2, -0.15) is 0 Å². The number of anilines is 1.